The van der Waals surface area contributed by atoms with Crippen molar-refractivity contribution in [3.05, 3.63) is 57.5 Å². The van der Waals surface area contributed by atoms with E-state index in [4.69, 9.17) is 14.2 Å². The third kappa shape index (κ3) is 3.64. The highest BCUT2D eigenvalue weighted by atomic mass is 32.1. The summed E-state index contributed by atoms with van der Waals surface area (Å²) in [5.74, 6) is -1.03. The topological polar surface area (TPSA) is 94.1 Å². The summed E-state index contributed by atoms with van der Waals surface area (Å²) in [6.45, 7) is 0. The largest absolute Gasteiger partial charge is 0.496 e. The molecule has 1 aliphatic heterocycles. The third-order valence-corrected chi connectivity index (χ3v) is 6.62. The van der Waals surface area contributed by atoms with Gasteiger partial charge in [0.25, 0.3) is 0 Å². The number of carbonyl (C=O) groups is 2. The summed E-state index contributed by atoms with van der Waals surface area (Å²) < 4.78 is 30.2. The first-order chi connectivity index (χ1) is 15.4. The zero-order valence-electron chi connectivity index (χ0n) is 17.5. The molecule has 0 saturated heterocycles. The highest BCUT2D eigenvalue weighted by Gasteiger charge is 2.36. The summed E-state index contributed by atoms with van der Waals surface area (Å²) in [5, 5.41) is 12.7. The van der Waals surface area contributed by atoms with E-state index >= 15 is 0 Å². The van der Waals surface area contributed by atoms with Gasteiger partial charge in [-0.3, -0.25) is 4.79 Å². The summed E-state index contributed by atoms with van der Waals surface area (Å²) in [4.78, 5) is 25.4. The van der Waals surface area contributed by atoms with Gasteiger partial charge in [0.1, 0.15) is 16.4 Å². The molecule has 0 saturated carbocycles. The number of nitrogens with one attached hydrogen (secondary N) is 1. The van der Waals surface area contributed by atoms with Gasteiger partial charge in [-0.15, -0.1) is 11.3 Å². The number of carboxylic acid groups (broad SMARTS) is 1. The number of amides is 1. The summed E-state index contributed by atoms with van der Waals surface area (Å²) in [6, 6.07) is 9.04. The quantitative estimate of drug-likeness (QED) is 0.555. The molecule has 166 valence electrons. The van der Waals surface area contributed by atoms with E-state index in [2.05, 4.69) is 5.32 Å². The SMILES string of the molecule is COc1cc(OC)c([C@@H]2CC(=O)Nc3c2sc(C(=O)O)c3-c2cccc(F)c2)cc1OC. The molecule has 2 N–H and O–H groups in total. The Bertz CT molecular complexity index is 1220. The number of anilines is 1. The fourth-order valence-electron chi connectivity index (χ4n) is 3.93. The minimum atomic E-state index is -1.16. The summed E-state index contributed by atoms with van der Waals surface area (Å²) >= 11 is 1.05. The van der Waals surface area contributed by atoms with Gasteiger partial charge in [-0.1, -0.05) is 12.1 Å². The van der Waals surface area contributed by atoms with Crippen LogP contribution in [0, 0.1) is 5.82 Å². The highest BCUT2D eigenvalue weighted by Crippen LogP contribution is 2.52. The average molecular weight is 457 g/mol. The zero-order valence-corrected chi connectivity index (χ0v) is 18.3. The van der Waals surface area contributed by atoms with Crippen molar-refractivity contribution >= 4 is 28.9 Å². The summed E-state index contributed by atoms with van der Waals surface area (Å²) in [7, 11) is 4.51. The van der Waals surface area contributed by atoms with E-state index in [1.807, 2.05) is 0 Å². The lowest BCUT2D eigenvalue weighted by Gasteiger charge is -2.26. The van der Waals surface area contributed by atoms with Crippen LogP contribution >= 0.6 is 11.3 Å². The Morgan fingerprint density at radius 2 is 1.78 bits per heavy atom. The van der Waals surface area contributed by atoms with E-state index in [9.17, 15) is 19.1 Å². The molecule has 1 amide bonds. The number of hydrogen-bond donors (Lipinski definition) is 2. The lowest BCUT2D eigenvalue weighted by Crippen LogP contribution is -2.23. The van der Waals surface area contributed by atoms with E-state index in [1.54, 1.807) is 18.2 Å². The van der Waals surface area contributed by atoms with E-state index in [0.717, 1.165) is 11.3 Å². The second-order valence-electron chi connectivity index (χ2n) is 7.11. The van der Waals surface area contributed by atoms with Crippen LogP contribution in [0.25, 0.3) is 11.1 Å². The van der Waals surface area contributed by atoms with Crippen molar-refractivity contribution in [2.24, 2.45) is 0 Å². The van der Waals surface area contributed by atoms with Crippen LogP contribution in [0.3, 0.4) is 0 Å². The minimum Gasteiger partial charge on any atom is -0.496 e. The molecule has 7 nitrogen and oxygen atoms in total. The number of rotatable bonds is 6. The van der Waals surface area contributed by atoms with Gasteiger partial charge in [-0.2, -0.15) is 0 Å². The van der Waals surface area contributed by atoms with Gasteiger partial charge in [-0.05, 0) is 23.8 Å². The normalized spacial score (nSPS) is 15.0. The first kappa shape index (κ1) is 21.6. The predicted molar refractivity (Wildman–Crippen MR) is 118 cm³/mol. The van der Waals surface area contributed by atoms with E-state index in [0.29, 0.717) is 38.9 Å². The molecular weight excluding hydrogens is 437 g/mol. The van der Waals surface area contributed by atoms with Crippen molar-refractivity contribution in [1.82, 2.24) is 0 Å². The standard InChI is InChI=1S/C23H20FNO6S/c1-29-15-10-17(31-3)16(30-2)8-13(15)14-9-18(26)25-20-19(11-5-4-6-12(24)7-11)22(23(27)28)32-21(14)20/h4-8,10,14H,9H2,1-3H3,(H,25,26)(H,27,28)/t14-/m0/s1. The Morgan fingerprint density at radius 1 is 1.09 bits per heavy atom. The van der Waals surface area contributed by atoms with Gasteiger partial charge in [0.15, 0.2) is 11.5 Å². The highest BCUT2D eigenvalue weighted by molar-refractivity contribution is 7.15. The number of ether oxygens (including phenoxy) is 3. The number of aromatic carboxylic acids is 1. The third-order valence-electron chi connectivity index (χ3n) is 5.32. The van der Waals surface area contributed by atoms with Crippen LogP contribution in [0.2, 0.25) is 0 Å². The Balaban J connectivity index is 1.97. The molecule has 3 aromatic rings. The average Bonchev–Trinajstić information content (AvgIpc) is 3.17. The van der Waals surface area contributed by atoms with Crippen molar-refractivity contribution in [3.8, 4) is 28.4 Å². The van der Waals surface area contributed by atoms with Crippen LogP contribution < -0.4 is 19.5 Å². The lowest BCUT2D eigenvalue weighted by atomic mass is 9.87. The minimum absolute atomic E-state index is 0.0206. The van der Waals surface area contributed by atoms with E-state index in [-0.39, 0.29) is 22.8 Å². The van der Waals surface area contributed by atoms with Crippen molar-refractivity contribution in [2.75, 3.05) is 26.6 Å². The van der Waals surface area contributed by atoms with Gasteiger partial charge < -0.3 is 24.6 Å². The molecule has 1 aliphatic rings. The van der Waals surface area contributed by atoms with Gasteiger partial charge >= 0.3 is 5.97 Å². The summed E-state index contributed by atoms with van der Waals surface area (Å²) in [6.07, 6.45) is 0.0843. The molecule has 0 aliphatic carbocycles. The predicted octanol–water partition coefficient (Wildman–Crippen LogP) is 4.75. The van der Waals surface area contributed by atoms with Crippen LogP contribution in [-0.4, -0.2) is 38.3 Å². The Morgan fingerprint density at radius 3 is 2.41 bits per heavy atom. The van der Waals surface area contributed by atoms with Crippen LogP contribution in [0.1, 0.15) is 32.5 Å². The Kier molecular flexibility index (Phi) is 5.75. The second-order valence-corrected chi connectivity index (χ2v) is 8.17. The molecule has 2 heterocycles. The number of methoxy groups -OCH3 is 3. The fourth-order valence-corrected chi connectivity index (χ4v) is 5.17. The van der Waals surface area contributed by atoms with Gasteiger partial charge in [0.05, 0.1) is 27.0 Å². The molecule has 0 spiro atoms. The number of carbonyl (C=O) groups excluding carboxylic acids is 1. The number of fused-ring (bicyclic) bond motifs is 1. The number of hydrogen-bond acceptors (Lipinski definition) is 6. The monoisotopic (exact) mass is 457 g/mol. The van der Waals surface area contributed by atoms with Crippen LogP contribution in [0.4, 0.5) is 10.1 Å². The zero-order chi connectivity index (χ0) is 23.0. The molecule has 0 radical (unpaired) electrons. The van der Waals surface area contributed by atoms with Crippen LogP contribution in [0.15, 0.2) is 36.4 Å². The van der Waals surface area contributed by atoms with E-state index < -0.39 is 17.7 Å². The molecule has 1 atom stereocenters. The maximum absolute atomic E-state index is 13.9. The van der Waals surface area contributed by atoms with Crippen molar-refractivity contribution in [2.45, 2.75) is 12.3 Å². The van der Waals surface area contributed by atoms with Gasteiger partial charge in [0.2, 0.25) is 5.91 Å². The smallest absolute Gasteiger partial charge is 0.346 e. The molecule has 32 heavy (non-hydrogen) atoms. The second kappa shape index (κ2) is 8.51. The number of carboxylic acids is 1. The number of thiophene rings is 1. The van der Waals surface area contributed by atoms with Crippen molar-refractivity contribution in [3.63, 3.8) is 0 Å². The first-order valence-corrected chi connectivity index (χ1v) is 10.4. The molecule has 2 aromatic carbocycles. The van der Waals surface area contributed by atoms with Gasteiger partial charge in [0, 0.05) is 34.4 Å². The van der Waals surface area contributed by atoms with Gasteiger partial charge in [-0.25, -0.2) is 9.18 Å². The fraction of sp³-hybridized carbons (Fsp3) is 0.217. The molecule has 0 unspecified atom stereocenters. The molecule has 1 aromatic heterocycles. The molecule has 0 fully saturated rings. The Labute approximate surface area is 187 Å². The molecule has 9 heteroatoms. The van der Waals surface area contributed by atoms with Crippen molar-refractivity contribution in [1.29, 1.82) is 0 Å². The number of benzene rings is 2. The molecule has 0 bridgehead atoms. The van der Waals surface area contributed by atoms with E-state index in [1.165, 1.54) is 39.5 Å². The maximum atomic E-state index is 13.9. The van der Waals surface area contributed by atoms with Crippen LogP contribution in [0.5, 0.6) is 17.2 Å². The molecule has 4 rings (SSSR count). The van der Waals surface area contributed by atoms with Crippen LogP contribution in [-0.2, 0) is 4.79 Å². The number of halogens is 1. The first-order valence-electron chi connectivity index (χ1n) is 9.63. The van der Waals surface area contributed by atoms with Crippen molar-refractivity contribution < 1.29 is 33.3 Å². The lowest BCUT2D eigenvalue weighted by molar-refractivity contribution is -0.116. The molecular formula is C23H20FNO6S. The summed E-state index contributed by atoms with van der Waals surface area (Å²) in [5.41, 5.74) is 1.69. The maximum Gasteiger partial charge on any atom is 0.346 e. The Hall–Kier alpha value is -3.59.